The van der Waals surface area contributed by atoms with Crippen molar-refractivity contribution in [1.82, 2.24) is 29.7 Å². The van der Waals surface area contributed by atoms with Crippen molar-refractivity contribution in [1.29, 1.82) is 0 Å². The standard InChI is InChI=1S/C9H19B2N7.C3H8/c1-9(2)7-15(5)10(3)16(6)11(4)17(7)8-12-13-14-18(8)9;1-3-2/h7H,1-6H3;3H2,1-2H3. The van der Waals surface area contributed by atoms with Gasteiger partial charge in [0.15, 0.2) is 0 Å². The van der Waals surface area contributed by atoms with Gasteiger partial charge in [0.05, 0.1) is 11.7 Å². The van der Waals surface area contributed by atoms with Gasteiger partial charge in [-0.15, -0.1) is 0 Å². The Hall–Kier alpha value is -1.08. The zero-order valence-electron chi connectivity index (χ0n) is 14.6. The highest BCUT2D eigenvalue weighted by Gasteiger charge is 2.56. The van der Waals surface area contributed by atoms with Gasteiger partial charge < -0.3 is 14.3 Å². The number of hydrogen-bond donors (Lipinski definition) is 0. The van der Waals surface area contributed by atoms with E-state index in [1.807, 2.05) is 4.68 Å². The summed E-state index contributed by atoms with van der Waals surface area (Å²) in [6.07, 6.45) is 1.51. The van der Waals surface area contributed by atoms with Crippen molar-refractivity contribution in [3.63, 3.8) is 0 Å². The zero-order chi connectivity index (χ0) is 15.9. The quantitative estimate of drug-likeness (QED) is 0.667. The van der Waals surface area contributed by atoms with Crippen molar-refractivity contribution in [2.75, 3.05) is 18.9 Å². The normalized spacial score (nSPS) is 24.6. The Morgan fingerprint density at radius 2 is 1.71 bits per heavy atom. The summed E-state index contributed by atoms with van der Waals surface area (Å²) in [6, 6.07) is 0. The summed E-state index contributed by atoms with van der Waals surface area (Å²) >= 11 is 0. The molecule has 1 fully saturated rings. The molecule has 0 saturated carbocycles. The maximum atomic E-state index is 4.20. The number of likely N-dealkylation sites (N-methyl/N-ethyl adjacent to an activating group) is 1. The molecule has 1 saturated heterocycles. The Kier molecular flexibility index (Phi) is 4.35. The van der Waals surface area contributed by atoms with E-state index in [2.05, 4.69) is 85.3 Å². The van der Waals surface area contributed by atoms with Gasteiger partial charge in [-0.2, -0.15) is 0 Å². The Balaban J connectivity index is 0.000000497. The van der Waals surface area contributed by atoms with Crippen LogP contribution in [-0.2, 0) is 5.54 Å². The number of aromatic nitrogens is 4. The van der Waals surface area contributed by atoms with Crippen LogP contribution in [0.15, 0.2) is 0 Å². The van der Waals surface area contributed by atoms with Crippen molar-refractivity contribution in [2.45, 2.75) is 59.5 Å². The Bertz CT molecular complexity index is 492. The van der Waals surface area contributed by atoms with Gasteiger partial charge >= 0.3 is 6.98 Å². The zero-order valence-corrected chi connectivity index (χ0v) is 14.6. The van der Waals surface area contributed by atoms with Crippen LogP contribution in [0.5, 0.6) is 0 Å². The van der Waals surface area contributed by atoms with E-state index < -0.39 is 0 Å². The molecule has 1 aromatic rings. The van der Waals surface area contributed by atoms with E-state index in [0.29, 0.717) is 6.98 Å². The van der Waals surface area contributed by atoms with E-state index in [9.17, 15) is 0 Å². The minimum Gasteiger partial charge on any atom is -0.353 e. The summed E-state index contributed by atoms with van der Waals surface area (Å²) in [6.45, 7) is 13.7. The molecule has 0 radical (unpaired) electrons. The van der Waals surface area contributed by atoms with Crippen molar-refractivity contribution in [3.05, 3.63) is 0 Å². The average molecular weight is 291 g/mol. The molecule has 0 N–H and O–H groups in total. The van der Waals surface area contributed by atoms with Gasteiger partial charge in [0, 0.05) is 0 Å². The topological polar surface area (TPSA) is 53.3 Å². The molecule has 0 bridgehead atoms. The second-order valence-electron chi connectivity index (χ2n) is 6.63. The summed E-state index contributed by atoms with van der Waals surface area (Å²) < 4.78 is 4.27. The molecule has 0 aromatic carbocycles. The number of hydrogen-bond acceptors (Lipinski definition) is 6. The molecule has 1 aromatic heterocycles. The van der Waals surface area contributed by atoms with Crippen LogP contribution in [0.4, 0.5) is 5.95 Å². The second-order valence-corrected chi connectivity index (χ2v) is 6.63. The van der Waals surface area contributed by atoms with Crippen LogP contribution < -0.4 is 4.81 Å². The Morgan fingerprint density at radius 1 is 1.14 bits per heavy atom. The predicted molar refractivity (Wildman–Crippen MR) is 88.1 cm³/mol. The second kappa shape index (κ2) is 5.61. The van der Waals surface area contributed by atoms with Gasteiger partial charge in [-0.1, -0.05) is 39.0 Å². The van der Waals surface area contributed by atoms with Gasteiger partial charge in [-0.05, 0) is 38.4 Å². The Labute approximate surface area is 128 Å². The van der Waals surface area contributed by atoms with Gasteiger partial charge in [-0.25, -0.2) is 4.68 Å². The molecule has 7 nitrogen and oxygen atoms in total. The predicted octanol–water partition coefficient (Wildman–Crippen LogP) is 1.08. The van der Waals surface area contributed by atoms with E-state index in [1.54, 1.807) is 0 Å². The fourth-order valence-corrected chi connectivity index (χ4v) is 3.34. The van der Waals surface area contributed by atoms with Gasteiger partial charge in [0.2, 0.25) is 5.95 Å². The summed E-state index contributed by atoms with van der Waals surface area (Å²) in [4.78, 5) is 4.68. The summed E-state index contributed by atoms with van der Waals surface area (Å²) in [5, 5.41) is 12.2. The molecule has 3 rings (SSSR count). The van der Waals surface area contributed by atoms with Crippen LogP contribution in [0.3, 0.4) is 0 Å². The maximum Gasteiger partial charge on any atom is 0.333 e. The first-order valence-electron chi connectivity index (χ1n) is 7.80. The summed E-state index contributed by atoms with van der Waals surface area (Å²) in [7, 11) is 4.30. The highest BCUT2D eigenvalue weighted by Crippen LogP contribution is 2.41. The minimum atomic E-state index is -0.128. The lowest BCUT2D eigenvalue weighted by Gasteiger charge is -2.51. The molecule has 3 heterocycles. The SMILES string of the molecule is CB1N(C)B(C)N2c3nnnn3C(C)(C)C2N1C.CCC. The van der Waals surface area contributed by atoms with Gasteiger partial charge in [0.25, 0.3) is 6.98 Å². The van der Waals surface area contributed by atoms with Crippen LogP contribution in [0, 0.1) is 0 Å². The highest BCUT2D eigenvalue weighted by molar-refractivity contribution is 6.73. The molecule has 2 aliphatic heterocycles. The van der Waals surface area contributed by atoms with E-state index >= 15 is 0 Å². The first-order chi connectivity index (χ1) is 9.78. The third-order valence-electron chi connectivity index (χ3n) is 4.68. The van der Waals surface area contributed by atoms with Crippen molar-refractivity contribution in [3.8, 4) is 0 Å². The molecule has 9 heteroatoms. The lowest BCUT2D eigenvalue weighted by atomic mass is 9.57. The van der Waals surface area contributed by atoms with Crippen LogP contribution >= 0.6 is 0 Å². The van der Waals surface area contributed by atoms with E-state index in [1.165, 1.54) is 6.42 Å². The van der Waals surface area contributed by atoms with Crippen molar-refractivity contribution < 1.29 is 0 Å². The fraction of sp³-hybridized carbons (Fsp3) is 0.917. The van der Waals surface area contributed by atoms with Crippen LogP contribution in [0.1, 0.15) is 34.1 Å². The third kappa shape index (κ3) is 2.26. The number of rotatable bonds is 0. The van der Waals surface area contributed by atoms with E-state index in [0.717, 1.165) is 5.95 Å². The van der Waals surface area contributed by atoms with E-state index in [-0.39, 0.29) is 18.7 Å². The average Bonchev–Trinajstić information content (AvgIpc) is 2.97. The summed E-state index contributed by atoms with van der Waals surface area (Å²) in [5.74, 6) is 0.864. The molecule has 2 aliphatic rings. The molecule has 116 valence electrons. The van der Waals surface area contributed by atoms with Gasteiger partial charge in [-0.3, -0.25) is 0 Å². The van der Waals surface area contributed by atoms with Crippen LogP contribution in [-0.4, -0.2) is 64.0 Å². The first-order valence-corrected chi connectivity index (χ1v) is 7.80. The molecule has 21 heavy (non-hydrogen) atoms. The van der Waals surface area contributed by atoms with Gasteiger partial charge in [0.1, 0.15) is 0 Å². The largest absolute Gasteiger partial charge is 0.353 e. The molecule has 0 amide bonds. The lowest BCUT2D eigenvalue weighted by Crippen LogP contribution is -2.74. The molecule has 0 aliphatic carbocycles. The first kappa shape index (κ1) is 16.3. The minimum absolute atomic E-state index is 0.128. The fourth-order valence-electron chi connectivity index (χ4n) is 3.34. The molecule has 0 spiro atoms. The monoisotopic (exact) mass is 291 g/mol. The number of tetrazole rings is 1. The van der Waals surface area contributed by atoms with E-state index in [4.69, 9.17) is 0 Å². The Morgan fingerprint density at radius 3 is 2.29 bits per heavy atom. The van der Waals surface area contributed by atoms with Crippen LogP contribution in [0.25, 0.3) is 0 Å². The summed E-state index contributed by atoms with van der Waals surface area (Å²) in [5.41, 5.74) is -0.128. The number of fused-ring (bicyclic) bond motifs is 3. The lowest BCUT2D eigenvalue weighted by molar-refractivity contribution is 0.189. The smallest absolute Gasteiger partial charge is 0.333 e. The molecular weight excluding hydrogens is 264 g/mol. The third-order valence-corrected chi connectivity index (χ3v) is 4.68. The maximum absolute atomic E-state index is 4.20. The number of anilines is 1. The van der Waals surface area contributed by atoms with Crippen molar-refractivity contribution in [2.24, 2.45) is 0 Å². The van der Waals surface area contributed by atoms with Crippen molar-refractivity contribution >= 4 is 19.9 Å². The number of nitrogens with zero attached hydrogens (tertiary/aromatic N) is 7. The highest BCUT2D eigenvalue weighted by atomic mass is 15.7. The molecular formula is C12H27B2N7. The van der Waals surface area contributed by atoms with Crippen LogP contribution in [0.2, 0.25) is 13.6 Å². The molecule has 1 unspecified atom stereocenters. The molecule has 1 atom stereocenters.